The van der Waals surface area contributed by atoms with Crippen molar-refractivity contribution in [1.82, 2.24) is 9.80 Å². The standard InChI is InChI=1S/C11H22N2O2/c1-4-7-11(15)8-13(9-11)10(14)12(5-2)6-3/h15H,4-9H2,1-3H3. The van der Waals surface area contributed by atoms with Crippen molar-refractivity contribution in [2.75, 3.05) is 26.2 Å². The lowest BCUT2D eigenvalue weighted by molar-refractivity contribution is -0.0861. The molecular formula is C11H22N2O2. The van der Waals surface area contributed by atoms with Crippen LogP contribution in [0.1, 0.15) is 33.6 Å². The van der Waals surface area contributed by atoms with Crippen molar-refractivity contribution in [2.45, 2.75) is 39.2 Å². The first-order valence-corrected chi connectivity index (χ1v) is 5.82. The molecule has 0 aliphatic carbocycles. The van der Waals surface area contributed by atoms with Crippen LogP contribution in [0.5, 0.6) is 0 Å². The fraction of sp³-hybridized carbons (Fsp3) is 0.909. The molecule has 1 aliphatic rings. The van der Waals surface area contributed by atoms with Crippen molar-refractivity contribution in [2.24, 2.45) is 0 Å². The van der Waals surface area contributed by atoms with Crippen molar-refractivity contribution in [3.05, 3.63) is 0 Å². The van der Waals surface area contributed by atoms with Crippen LogP contribution < -0.4 is 0 Å². The summed E-state index contributed by atoms with van der Waals surface area (Å²) in [5.74, 6) is 0. The number of urea groups is 1. The third-order valence-corrected chi connectivity index (χ3v) is 2.99. The first-order valence-electron chi connectivity index (χ1n) is 5.82. The minimum absolute atomic E-state index is 0.0563. The van der Waals surface area contributed by atoms with E-state index < -0.39 is 5.60 Å². The molecule has 0 saturated carbocycles. The van der Waals surface area contributed by atoms with Gasteiger partial charge in [0, 0.05) is 13.1 Å². The molecule has 0 unspecified atom stereocenters. The van der Waals surface area contributed by atoms with Crippen LogP contribution in [0.15, 0.2) is 0 Å². The molecule has 0 atom stereocenters. The van der Waals surface area contributed by atoms with Gasteiger partial charge in [-0.3, -0.25) is 0 Å². The molecule has 4 nitrogen and oxygen atoms in total. The van der Waals surface area contributed by atoms with Crippen LogP contribution >= 0.6 is 0 Å². The van der Waals surface area contributed by atoms with Gasteiger partial charge in [-0.1, -0.05) is 13.3 Å². The lowest BCUT2D eigenvalue weighted by atomic mass is 9.90. The summed E-state index contributed by atoms with van der Waals surface area (Å²) in [4.78, 5) is 15.3. The van der Waals surface area contributed by atoms with E-state index in [0.29, 0.717) is 13.1 Å². The Morgan fingerprint density at radius 2 is 1.87 bits per heavy atom. The van der Waals surface area contributed by atoms with E-state index in [9.17, 15) is 9.90 Å². The Labute approximate surface area is 91.9 Å². The summed E-state index contributed by atoms with van der Waals surface area (Å²) in [6, 6.07) is 0.0563. The van der Waals surface area contributed by atoms with Crippen molar-refractivity contribution in [1.29, 1.82) is 0 Å². The average molecular weight is 214 g/mol. The Morgan fingerprint density at radius 3 is 2.27 bits per heavy atom. The second-order valence-corrected chi connectivity index (χ2v) is 4.29. The molecule has 0 radical (unpaired) electrons. The molecule has 4 heteroatoms. The van der Waals surface area contributed by atoms with Crippen molar-refractivity contribution in [3.63, 3.8) is 0 Å². The zero-order valence-electron chi connectivity index (χ0n) is 9.99. The second-order valence-electron chi connectivity index (χ2n) is 4.29. The highest BCUT2D eigenvalue weighted by Gasteiger charge is 2.43. The number of carbonyl (C=O) groups excluding carboxylic acids is 1. The van der Waals surface area contributed by atoms with Crippen LogP contribution in [0.25, 0.3) is 0 Å². The smallest absolute Gasteiger partial charge is 0.320 e. The van der Waals surface area contributed by atoms with E-state index in [-0.39, 0.29) is 6.03 Å². The van der Waals surface area contributed by atoms with E-state index in [2.05, 4.69) is 0 Å². The topological polar surface area (TPSA) is 43.8 Å². The normalized spacial score (nSPS) is 18.5. The summed E-state index contributed by atoms with van der Waals surface area (Å²) < 4.78 is 0. The van der Waals surface area contributed by atoms with E-state index in [0.717, 1.165) is 25.9 Å². The average Bonchev–Trinajstić information content (AvgIpc) is 2.16. The molecule has 0 spiro atoms. The van der Waals surface area contributed by atoms with E-state index in [1.807, 2.05) is 20.8 Å². The minimum atomic E-state index is -0.614. The van der Waals surface area contributed by atoms with E-state index >= 15 is 0 Å². The summed E-state index contributed by atoms with van der Waals surface area (Å²) in [7, 11) is 0. The predicted molar refractivity (Wildman–Crippen MR) is 59.7 cm³/mol. The maximum absolute atomic E-state index is 11.8. The van der Waals surface area contributed by atoms with E-state index in [1.54, 1.807) is 9.80 Å². The van der Waals surface area contributed by atoms with Gasteiger partial charge >= 0.3 is 6.03 Å². The van der Waals surface area contributed by atoms with Gasteiger partial charge in [0.25, 0.3) is 0 Å². The molecule has 1 heterocycles. The molecule has 88 valence electrons. The highest BCUT2D eigenvalue weighted by Crippen LogP contribution is 2.26. The van der Waals surface area contributed by atoms with Gasteiger partial charge in [-0.15, -0.1) is 0 Å². The highest BCUT2D eigenvalue weighted by atomic mass is 16.3. The van der Waals surface area contributed by atoms with Crippen LogP contribution in [0.3, 0.4) is 0 Å². The third kappa shape index (κ3) is 2.62. The minimum Gasteiger partial charge on any atom is -0.386 e. The Bertz CT molecular complexity index is 221. The Morgan fingerprint density at radius 1 is 1.33 bits per heavy atom. The molecule has 0 aromatic carbocycles. The van der Waals surface area contributed by atoms with Crippen molar-refractivity contribution in [3.8, 4) is 0 Å². The molecule has 1 rings (SSSR count). The molecule has 15 heavy (non-hydrogen) atoms. The maximum Gasteiger partial charge on any atom is 0.320 e. The first-order chi connectivity index (χ1) is 7.06. The van der Waals surface area contributed by atoms with Crippen LogP contribution in [-0.4, -0.2) is 52.7 Å². The third-order valence-electron chi connectivity index (χ3n) is 2.99. The quantitative estimate of drug-likeness (QED) is 0.766. The lowest BCUT2D eigenvalue weighted by Gasteiger charge is -2.47. The van der Waals surface area contributed by atoms with Crippen LogP contribution in [-0.2, 0) is 0 Å². The SMILES string of the molecule is CCCC1(O)CN(C(=O)N(CC)CC)C1. The zero-order chi connectivity index (χ0) is 11.5. The molecule has 1 N–H and O–H groups in total. The Kier molecular flexibility index (Phi) is 3.97. The maximum atomic E-state index is 11.8. The summed E-state index contributed by atoms with van der Waals surface area (Å²) in [6.45, 7) is 8.45. The Balaban J connectivity index is 2.40. The number of amides is 2. The van der Waals surface area contributed by atoms with Gasteiger partial charge in [0.15, 0.2) is 0 Å². The number of carbonyl (C=O) groups is 1. The monoisotopic (exact) mass is 214 g/mol. The predicted octanol–water partition coefficient (Wildman–Crippen LogP) is 1.29. The van der Waals surface area contributed by atoms with Gasteiger partial charge in [0.05, 0.1) is 18.7 Å². The summed E-state index contributed by atoms with van der Waals surface area (Å²) in [5.41, 5.74) is -0.614. The summed E-state index contributed by atoms with van der Waals surface area (Å²) in [6.07, 6.45) is 1.75. The fourth-order valence-corrected chi connectivity index (χ4v) is 2.12. The van der Waals surface area contributed by atoms with Crippen LogP contribution in [0.4, 0.5) is 4.79 Å². The van der Waals surface area contributed by atoms with Crippen molar-refractivity contribution < 1.29 is 9.90 Å². The first kappa shape index (κ1) is 12.3. The lowest BCUT2D eigenvalue weighted by Crippen LogP contribution is -2.65. The van der Waals surface area contributed by atoms with Gasteiger partial charge < -0.3 is 14.9 Å². The molecule has 1 aliphatic heterocycles. The summed E-state index contributed by atoms with van der Waals surface area (Å²) in [5, 5.41) is 9.94. The van der Waals surface area contributed by atoms with Gasteiger partial charge in [-0.05, 0) is 20.3 Å². The number of hydrogen-bond donors (Lipinski definition) is 1. The largest absolute Gasteiger partial charge is 0.386 e. The molecule has 1 fully saturated rings. The number of rotatable bonds is 4. The molecule has 1 saturated heterocycles. The van der Waals surface area contributed by atoms with Gasteiger partial charge in [0.2, 0.25) is 0 Å². The molecule has 0 aromatic rings. The number of β-amino-alcohol motifs (C(OH)–C–C–N with tert-alkyl or cyclic N) is 1. The molecule has 2 amide bonds. The summed E-state index contributed by atoms with van der Waals surface area (Å²) >= 11 is 0. The molecular weight excluding hydrogens is 192 g/mol. The van der Waals surface area contributed by atoms with E-state index in [4.69, 9.17) is 0 Å². The van der Waals surface area contributed by atoms with Gasteiger partial charge in [-0.2, -0.15) is 0 Å². The second kappa shape index (κ2) is 4.84. The number of aliphatic hydroxyl groups is 1. The number of hydrogen-bond acceptors (Lipinski definition) is 2. The van der Waals surface area contributed by atoms with Crippen molar-refractivity contribution >= 4 is 6.03 Å². The van der Waals surface area contributed by atoms with Crippen LogP contribution in [0, 0.1) is 0 Å². The number of nitrogens with zero attached hydrogens (tertiary/aromatic N) is 2. The van der Waals surface area contributed by atoms with Gasteiger partial charge in [-0.25, -0.2) is 4.79 Å². The van der Waals surface area contributed by atoms with Gasteiger partial charge in [0.1, 0.15) is 0 Å². The molecule has 0 bridgehead atoms. The Hall–Kier alpha value is -0.770. The van der Waals surface area contributed by atoms with E-state index in [1.165, 1.54) is 0 Å². The zero-order valence-corrected chi connectivity index (χ0v) is 9.99. The highest BCUT2D eigenvalue weighted by molar-refractivity contribution is 5.75. The van der Waals surface area contributed by atoms with Crippen LogP contribution in [0.2, 0.25) is 0 Å². The molecule has 0 aromatic heterocycles. The fourth-order valence-electron chi connectivity index (χ4n) is 2.12. The number of likely N-dealkylation sites (tertiary alicyclic amines) is 1.